The lowest BCUT2D eigenvalue weighted by atomic mass is 10.1. The van der Waals surface area contributed by atoms with E-state index in [1.54, 1.807) is 0 Å². The summed E-state index contributed by atoms with van der Waals surface area (Å²) in [5.41, 5.74) is 2.41. The van der Waals surface area contributed by atoms with Crippen LogP contribution in [-0.4, -0.2) is 11.2 Å². The Kier molecular flexibility index (Phi) is 6.16. The fourth-order valence-electron chi connectivity index (χ4n) is 0.954. The van der Waals surface area contributed by atoms with E-state index in [9.17, 15) is 0 Å². The fraction of sp³-hybridized carbons (Fsp3) is 0.857. The van der Waals surface area contributed by atoms with E-state index in [0.717, 1.165) is 12.8 Å². The molecule has 0 radical (unpaired) electrons. The predicted molar refractivity (Wildman–Crippen MR) is 52.0 cm³/mol. The summed E-state index contributed by atoms with van der Waals surface area (Å²) in [7, 11) is 0. The summed E-state index contributed by atoms with van der Waals surface area (Å²) < 4.78 is 0. The van der Waals surface area contributed by atoms with Gasteiger partial charge >= 0.3 is 0 Å². The molecule has 0 amide bonds. The van der Waals surface area contributed by atoms with Crippen molar-refractivity contribution >= 4 is 17.3 Å². The number of hydrazine groups is 1. The minimum atomic E-state index is 0.462. The second-order valence-corrected chi connectivity index (χ2v) is 2.92. The molecule has 0 saturated heterocycles. The van der Waals surface area contributed by atoms with Crippen molar-refractivity contribution in [1.82, 2.24) is 10.7 Å². The lowest BCUT2D eigenvalue weighted by Gasteiger charge is -2.16. The maximum absolute atomic E-state index is 5.12. The monoisotopic (exact) mass is 175 g/mol. The van der Waals surface area contributed by atoms with Crippen molar-refractivity contribution in [2.75, 3.05) is 0 Å². The molecule has 4 N–H and O–H groups in total. The minimum absolute atomic E-state index is 0.462. The highest BCUT2D eigenvalue weighted by Crippen LogP contribution is 1.99. The molecule has 0 aromatic carbocycles. The molecule has 66 valence electrons. The van der Waals surface area contributed by atoms with Crippen molar-refractivity contribution in [1.29, 1.82) is 0 Å². The molecule has 0 spiro atoms. The Labute approximate surface area is 73.7 Å². The molecular formula is C7H17N3S. The van der Waals surface area contributed by atoms with Crippen LogP contribution in [0, 0.1) is 0 Å². The second kappa shape index (κ2) is 6.37. The van der Waals surface area contributed by atoms with Gasteiger partial charge in [0.15, 0.2) is 5.11 Å². The van der Waals surface area contributed by atoms with Crippen LogP contribution < -0.4 is 16.6 Å². The maximum atomic E-state index is 5.12. The van der Waals surface area contributed by atoms with Gasteiger partial charge in [0.25, 0.3) is 0 Å². The molecule has 0 aromatic rings. The fourth-order valence-corrected chi connectivity index (χ4v) is 1.12. The SMILES string of the molecule is CCCC(CC)NC(=S)NN. The van der Waals surface area contributed by atoms with Crippen molar-refractivity contribution < 1.29 is 0 Å². The Morgan fingerprint density at radius 1 is 1.55 bits per heavy atom. The van der Waals surface area contributed by atoms with Crippen molar-refractivity contribution in [3.8, 4) is 0 Å². The molecule has 0 aliphatic carbocycles. The van der Waals surface area contributed by atoms with Gasteiger partial charge in [0.1, 0.15) is 0 Å². The average Bonchev–Trinajstić information content (AvgIpc) is 2.03. The molecule has 0 rings (SSSR count). The first kappa shape index (κ1) is 10.7. The van der Waals surface area contributed by atoms with Crippen molar-refractivity contribution in [3.63, 3.8) is 0 Å². The van der Waals surface area contributed by atoms with E-state index in [1.165, 1.54) is 6.42 Å². The largest absolute Gasteiger partial charge is 0.359 e. The van der Waals surface area contributed by atoms with Gasteiger partial charge in [-0.05, 0) is 25.1 Å². The highest BCUT2D eigenvalue weighted by molar-refractivity contribution is 7.80. The summed E-state index contributed by atoms with van der Waals surface area (Å²) in [6.07, 6.45) is 3.38. The van der Waals surface area contributed by atoms with Crippen LogP contribution in [0.2, 0.25) is 0 Å². The zero-order valence-electron chi connectivity index (χ0n) is 7.18. The van der Waals surface area contributed by atoms with Crippen LogP contribution in [0.5, 0.6) is 0 Å². The average molecular weight is 175 g/mol. The van der Waals surface area contributed by atoms with Crippen LogP contribution in [0.15, 0.2) is 0 Å². The molecule has 11 heavy (non-hydrogen) atoms. The normalized spacial score (nSPS) is 12.3. The molecule has 1 unspecified atom stereocenters. The number of thiocarbonyl (C=S) groups is 1. The molecule has 0 fully saturated rings. The van der Waals surface area contributed by atoms with Crippen LogP contribution in [0.25, 0.3) is 0 Å². The number of nitrogens with two attached hydrogens (primary N) is 1. The Bertz CT molecular complexity index is 116. The maximum Gasteiger partial charge on any atom is 0.180 e. The highest BCUT2D eigenvalue weighted by Gasteiger charge is 2.04. The first-order valence-electron chi connectivity index (χ1n) is 4.01. The summed E-state index contributed by atoms with van der Waals surface area (Å²) in [6, 6.07) is 0.462. The summed E-state index contributed by atoms with van der Waals surface area (Å²) >= 11 is 4.86. The van der Waals surface area contributed by atoms with Gasteiger partial charge < -0.3 is 10.7 Å². The van der Waals surface area contributed by atoms with E-state index in [-0.39, 0.29) is 0 Å². The number of rotatable bonds is 4. The van der Waals surface area contributed by atoms with E-state index in [4.69, 9.17) is 18.1 Å². The van der Waals surface area contributed by atoms with E-state index < -0.39 is 0 Å². The topological polar surface area (TPSA) is 50.1 Å². The third-order valence-electron chi connectivity index (χ3n) is 1.60. The van der Waals surface area contributed by atoms with Crippen molar-refractivity contribution in [2.45, 2.75) is 39.2 Å². The van der Waals surface area contributed by atoms with Gasteiger partial charge in [-0.2, -0.15) is 0 Å². The second-order valence-electron chi connectivity index (χ2n) is 2.51. The molecule has 0 saturated carbocycles. The molecule has 0 bridgehead atoms. The summed E-state index contributed by atoms with van der Waals surface area (Å²) in [5, 5.41) is 3.65. The van der Waals surface area contributed by atoms with Crippen molar-refractivity contribution in [3.05, 3.63) is 0 Å². The summed E-state index contributed by atoms with van der Waals surface area (Å²) in [5.74, 6) is 5.12. The molecule has 4 heteroatoms. The first-order valence-corrected chi connectivity index (χ1v) is 4.42. The first-order chi connectivity index (χ1) is 5.24. The lowest BCUT2D eigenvalue weighted by molar-refractivity contribution is 0.533. The van der Waals surface area contributed by atoms with E-state index in [1.807, 2.05) is 0 Å². The van der Waals surface area contributed by atoms with Crippen molar-refractivity contribution in [2.24, 2.45) is 5.84 Å². The molecular weight excluding hydrogens is 158 g/mol. The van der Waals surface area contributed by atoms with Crippen LogP contribution in [-0.2, 0) is 0 Å². The Morgan fingerprint density at radius 2 is 2.18 bits per heavy atom. The summed E-state index contributed by atoms with van der Waals surface area (Å²) in [4.78, 5) is 0. The standard InChI is InChI=1S/C7H17N3S/c1-3-5-6(4-2)9-7(11)10-8/h6H,3-5,8H2,1-2H3,(H2,9,10,11). The predicted octanol–water partition coefficient (Wildman–Crippen LogP) is 0.903. The number of nitrogens with one attached hydrogen (secondary N) is 2. The highest BCUT2D eigenvalue weighted by atomic mass is 32.1. The minimum Gasteiger partial charge on any atom is -0.359 e. The van der Waals surface area contributed by atoms with Gasteiger partial charge in [0.2, 0.25) is 0 Å². The van der Waals surface area contributed by atoms with Gasteiger partial charge in [-0.1, -0.05) is 20.3 Å². The van der Waals surface area contributed by atoms with E-state index in [0.29, 0.717) is 11.2 Å². The van der Waals surface area contributed by atoms with Crippen LogP contribution in [0.3, 0.4) is 0 Å². The molecule has 0 aliphatic heterocycles. The van der Waals surface area contributed by atoms with E-state index in [2.05, 4.69) is 24.6 Å². The van der Waals surface area contributed by atoms with Gasteiger partial charge in [-0.3, -0.25) is 0 Å². The Morgan fingerprint density at radius 3 is 2.55 bits per heavy atom. The van der Waals surface area contributed by atoms with E-state index >= 15 is 0 Å². The van der Waals surface area contributed by atoms with Gasteiger partial charge in [0.05, 0.1) is 0 Å². The Balaban J connectivity index is 3.58. The van der Waals surface area contributed by atoms with Gasteiger partial charge in [-0.15, -0.1) is 0 Å². The smallest absolute Gasteiger partial charge is 0.180 e. The van der Waals surface area contributed by atoms with Crippen LogP contribution >= 0.6 is 12.2 Å². The third-order valence-corrected chi connectivity index (χ3v) is 1.83. The zero-order chi connectivity index (χ0) is 8.69. The molecule has 0 aromatic heterocycles. The Hall–Kier alpha value is -0.350. The molecule has 3 nitrogen and oxygen atoms in total. The molecule has 0 heterocycles. The quantitative estimate of drug-likeness (QED) is 0.337. The molecule has 0 aliphatic rings. The summed E-state index contributed by atoms with van der Waals surface area (Å²) in [6.45, 7) is 4.29. The van der Waals surface area contributed by atoms with Crippen LogP contribution in [0.1, 0.15) is 33.1 Å². The number of hydrogen-bond donors (Lipinski definition) is 3. The zero-order valence-corrected chi connectivity index (χ0v) is 8.00. The number of hydrogen-bond acceptors (Lipinski definition) is 2. The van der Waals surface area contributed by atoms with Gasteiger partial charge in [0, 0.05) is 6.04 Å². The van der Waals surface area contributed by atoms with Crippen LogP contribution in [0.4, 0.5) is 0 Å². The third kappa shape index (κ3) is 4.98. The lowest BCUT2D eigenvalue weighted by Crippen LogP contribution is -2.44. The molecule has 1 atom stereocenters. The van der Waals surface area contributed by atoms with Gasteiger partial charge in [-0.25, -0.2) is 5.84 Å².